The second-order valence-corrected chi connectivity index (χ2v) is 6.80. The summed E-state index contributed by atoms with van der Waals surface area (Å²) in [5.41, 5.74) is 0.946. The van der Waals surface area contributed by atoms with E-state index in [9.17, 15) is 14.7 Å². The summed E-state index contributed by atoms with van der Waals surface area (Å²) in [5, 5.41) is 10.3. The van der Waals surface area contributed by atoms with Crippen molar-refractivity contribution in [2.24, 2.45) is 0 Å². The molecule has 0 aromatic heterocycles. The van der Waals surface area contributed by atoms with Crippen LogP contribution in [0.3, 0.4) is 0 Å². The average Bonchev–Trinajstić information content (AvgIpc) is 2.94. The fraction of sp³-hybridized carbons (Fsp3) is 0.500. The highest BCUT2D eigenvalue weighted by Crippen LogP contribution is 2.38. The van der Waals surface area contributed by atoms with Gasteiger partial charge >= 0.3 is 0 Å². The maximum Gasteiger partial charge on any atom is 0.290 e. The molecule has 1 amide bonds. The van der Waals surface area contributed by atoms with Gasteiger partial charge in [0.2, 0.25) is 0 Å². The van der Waals surface area contributed by atoms with E-state index in [0.29, 0.717) is 12.3 Å². The Morgan fingerprint density at radius 3 is 2.48 bits per heavy atom. The number of rotatable bonds is 7. The van der Waals surface area contributed by atoms with E-state index in [1.807, 2.05) is 12.1 Å². The Hall–Kier alpha value is -2.38. The summed E-state index contributed by atoms with van der Waals surface area (Å²) in [6, 6.07) is 6.67. The van der Waals surface area contributed by atoms with Crippen LogP contribution in [0.5, 0.6) is 5.75 Å². The van der Waals surface area contributed by atoms with Gasteiger partial charge in [0.05, 0.1) is 31.9 Å². The highest BCUT2D eigenvalue weighted by molar-refractivity contribution is 6.08. The van der Waals surface area contributed by atoms with Gasteiger partial charge in [-0.25, -0.2) is 0 Å². The number of methoxy groups -OCH3 is 1. The van der Waals surface area contributed by atoms with Crippen LogP contribution in [-0.2, 0) is 14.3 Å². The average molecular weight is 374 g/mol. The van der Waals surface area contributed by atoms with Crippen LogP contribution in [0.2, 0.25) is 0 Å². The molecule has 0 saturated carbocycles. The van der Waals surface area contributed by atoms with Crippen LogP contribution in [0.1, 0.15) is 24.9 Å². The number of hydrogen-bond donors (Lipinski definition) is 1. The minimum absolute atomic E-state index is 0.163. The minimum Gasteiger partial charge on any atom is -0.503 e. The van der Waals surface area contributed by atoms with E-state index in [2.05, 4.69) is 4.90 Å². The summed E-state index contributed by atoms with van der Waals surface area (Å²) in [6.45, 7) is 5.93. The standard InChI is InChI=1S/C20H26N2O5/c1-14(23)17-18(15-4-6-16(26-2)7-5-15)22(20(25)19(17)24)9-3-8-21-10-12-27-13-11-21/h4-7,18,24H,3,8-13H2,1-2H3/t18-/m1/s1. The van der Waals surface area contributed by atoms with Crippen LogP contribution in [0, 0.1) is 0 Å². The molecule has 1 aromatic carbocycles. The zero-order chi connectivity index (χ0) is 19.4. The monoisotopic (exact) mass is 374 g/mol. The van der Waals surface area contributed by atoms with Crippen molar-refractivity contribution in [2.45, 2.75) is 19.4 Å². The molecule has 0 radical (unpaired) electrons. The highest BCUT2D eigenvalue weighted by Gasteiger charge is 2.42. The molecular weight excluding hydrogens is 348 g/mol. The van der Waals surface area contributed by atoms with E-state index in [1.54, 1.807) is 24.1 Å². The van der Waals surface area contributed by atoms with E-state index >= 15 is 0 Å². The maximum atomic E-state index is 12.6. The summed E-state index contributed by atoms with van der Waals surface area (Å²) in [7, 11) is 1.58. The van der Waals surface area contributed by atoms with Gasteiger partial charge in [-0.15, -0.1) is 0 Å². The Kier molecular flexibility index (Phi) is 6.13. The van der Waals surface area contributed by atoms with Gasteiger partial charge in [-0.2, -0.15) is 0 Å². The lowest BCUT2D eigenvalue weighted by Gasteiger charge is -2.30. The zero-order valence-electron chi connectivity index (χ0n) is 15.8. The van der Waals surface area contributed by atoms with Crippen LogP contribution in [0.15, 0.2) is 35.6 Å². The highest BCUT2D eigenvalue weighted by atomic mass is 16.5. The molecule has 3 rings (SSSR count). The number of carbonyl (C=O) groups excluding carboxylic acids is 2. The van der Waals surface area contributed by atoms with Crippen molar-refractivity contribution in [1.82, 2.24) is 9.80 Å². The SMILES string of the molecule is COc1ccc([C@@H]2C(C(C)=O)=C(O)C(=O)N2CCCN2CCOCC2)cc1. The van der Waals surface area contributed by atoms with Crippen molar-refractivity contribution < 1.29 is 24.2 Å². The first-order chi connectivity index (χ1) is 13.0. The lowest BCUT2D eigenvalue weighted by atomic mass is 9.96. The van der Waals surface area contributed by atoms with E-state index in [0.717, 1.165) is 44.8 Å². The summed E-state index contributed by atoms with van der Waals surface area (Å²) < 4.78 is 10.5. The summed E-state index contributed by atoms with van der Waals surface area (Å²) in [6.07, 6.45) is 0.761. The molecule has 0 aliphatic carbocycles. The van der Waals surface area contributed by atoms with Crippen LogP contribution in [0.25, 0.3) is 0 Å². The van der Waals surface area contributed by atoms with Gasteiger partial charge in [-0.05, 0) is 31.0 Å². The number of Topliss-reactive ketones (excluding diaryl/α,β-unsaturated/α-hetero) is 1. The number of ether oxygens (including phenoxy) is 2. The predicted molar refractivity (Wildman–Crippen MR) is 99.7 cm³/mol. The van der Waals surface area contributed by atoms with Gasteiger partial charge in [0.1, 0.15) is 5.75 Å². The van der Waals surface area contributed by atoms with Gasteiger partial charge in [-0.3, -0.25) is 14.5 Å². The van der Waals surface area contributed by atoms with Crippen molar-refractivity contribution >= 4 is 11.7 Å². The normalized spacial score (nSPS) is 21.0. The molecule has 27 heavy (non-hydrogen) atoms. The molecule has 1 N–H and O–H groups in total. The predicted octanol–water partition coefficient (Wildman–Crippen LogP) is 1.70. The van der Waals surface area contributed by atoms with E-state index < -0.39 is 17.7 Å². The number of aliphatic hydroxyl groups excluding tert-OH is 1. The summed E-state index contributed by atoms with van der Waals surface area (Å²) in [4.78, 5) is 28.6. The Morgan fingerprint density at radius 2 is 1.89 bits per heavy atom. The third-order valence-corrected chi connectivity index (χ3v) is 5.09. The quantitative estimate of drug-likeness (QED) is 0.783. The lowest BCUT2D eigenvalue weighted by molar-refractivity contribution is -0.129. The van der Waals surface area contributed by atoms with Crippen LogP contribution in [-0.4, -0.2) is 73.1 Å². The van der Waals surface area contributed by atoms with Crippen molar-refractivity contribution in [3.05, 3.63) is 41.2 Å². The number of nitrogens with zero attached hydrogens (tertiary/aromatic N) is 2. The number of carbonyl (C=O) groups is 2. The molecular formula is C20H26N2O5. The number of amides is 1. The molecule has 2 aliphatic rings. The maximum absolute atomic E-state index is 12.6. The van der Waals surface area contributed by atoms with Gasteiger partial charge in [-0.1, -0.05) is 12.1 Å². The van der Waals surface area contributed by atoms with Crippen LogP contribution >= 0.6 is 0 Å². The Labute approximate surface area is 159 Å². The van der Waals surface area contributed by atoms with E-state index in [1.165, 1.54) is 6.92 Å². The van der Waals surface area contributed by atoms with Crippen molar-refractivity contribution in [1.29, 1.82) is 0 Å². The van der Waals surface area contributed by atoms with E-state index in [4.69, 9.17) is 9.47 Å². The molecule has 1 aromatic rings. The van der Waals surface area contributed by atoms with Crippen LogP contribution in [0.4, 0.5) is 0 Å². The minimum atomic E-state index is -0.564. The number of aliphatic hydroxyl groups is 1. The van der Waals surface area contributed by atoms with Gasteiger partial charge in [0.15, 0.2) is 11.5 Å². The van der Waals surface area contributed by atoms with Gasteiger partial charge < -0.3 is 19.5 Å². The fourth-order valence-electron chi connectivity index (χ4n) is 3.67. The van der Waals surface area contributed by atoms with Gasteiger partial charge in [0.25, 0.3) is 5.91 Å². The Morgan fingerprint density at radius 1 is 1.22 bits per heavy atom. The number of morpholine rings is 1. The molecule has 0 unspecified atom stereocenters. The molecule has 2 heterocycles. The second kappa shape index (κ2) is 8.54. The number of hydrogen-bond acceptors (Lipinski definition) is 6. The largest absolute Gasteiger partial charge is 0.503 e. The number of benzene rings is 1. The molecule has 1 saturated heterocycles. The Balaban J connectivity index is 1.77. The van der Waals surface area contributed by atoms with Crippen molar-refractivity contribution in [3.8, 4) is 5.75 Å². The number of ketones is 1. The topological polar surface area (TPSA) is 79.3 Å². The zero-order valence-corrected chi connectivity index (χ0v) is 15.8. The lowest BCUT2D eigenvalue weighted by Crippen LogP contribution is -2.39. The molecule has 1 fully saturated rings. The fourth-order valence-corrected chi connectivity index (χ4v) is 3.67. The first-order valence-corrected chi connectivity index (χ1v) is 9.22. The first kappa shape index (κ1) is 19.4. The molecule has 7 nitrogen and oxygen atoms in total. The van der Waals surface area contributed by atoms with Gasteiger partial charge in [0, 0.05) is 26.2 Å². The molecule has 0 bridgehead atoms. The first-order valence-electron chi connectivity index (χ1n) is 9.22. The smallest absolute Gasteiger partial charge is 0.290 e. The third kappa shape index (κ3) is 4.14. The third-order valence-electron chi connectivity index (χ3n) is 5.09. The molecule has 1 atom stereocenters. The molecule has 2 aliphatic heterocycles. The Bertz CT molecular complexity index is 722. The summed E-state index contributed by atoms with van der Waals surface area (Å²) >= 11 is 0. The molecule has 0 spiro atoms. The van der Waals surface area contributed by atoms with Crippen molar-refractivity contribution in [3.63, 3.8) is 0 Å². The van der Waals surface area contributed by atoms with Crippen molar-refractivity contribution in [2.75, 3.05) is 46.5 Å². The van der Waals surface area contributed by atoms with Crippen LogP contribution < -0.4 is 4.74 Å². The second-order valence-electron chi connectivity index (χ2n) is 6.80. The van der Waals surface area contributed by atoms with E-state index in [-0.39, 0.29) is 11.4 Å². The summed E-state index contributed by atoms with van der Waals surface area (Å²) in [5.74, 6) is -0.519. The molecule has 7 heteroatoms. The molecule has 146 valence electrons.